The molecule has 0 unspecified atom stereocenters. The number of benzene rings is 2. The lowest BCUT2D eigenvalue weighted by atomic mass is 10.1. The molecule has 4 aromatic rings. The summed E-state index contributed by atoms with van der Waals surface area (Å²) < 4.78 is 2.19. The van der Waals surface area contributed by atoms with E-state index >= 15 is 0 Å². The normalized spacial score (nSPS) is 12.3. The molecule has 2 aromatic carbocycles. The molecule has 0 aliphatic heterocycles. The third kappa shape index (κ3) is 4.47. The Labute approximate surface area is 192 Å². The number of rotatable bonds is 4. The smallest absolute Gasteiger partial charge is 0.273 e. The zero-order valence-electron chi connectivity index (χ0n) is 17.5. The zero-order valence-corrected chi connectivity index (χ0v) is 19.1. The van der Waals surface area contributed by atoms with Crippen LogP contribution in [0.2, 0.25) is 0 Å². The van der Waals surface area contributed by atoms with Crippen molar-refractivity contribution in [3.63, 3.8) is 0 Å². The van der Waals surface area contributed by atoms with Crippen LogP contribution in [0.1, 0.15) is 16.0 Å². The minimum absolute atomic E-state index is 0.110. The number of anilines is 1. The number of para-hydroxylation sites is 1. The molecular weight excluding hydrogens is 438 g/mol. The van der Waals surface area contributed by atoms with E-state index in [0.29, 0.717) is 20.6 Å². The van der Waals surface area contributed by atoms with Crippen LogP contribution < -0.4 is 20.1 Å². The average Bonchev–Trinajstić information content (AvgIpc) is 3.37. The molecule has 4 rings (SSSR count). The van der Waals surface area contributed by atoms with Crippen LogP contribution in [0, 0.1) is 25.2 Å². The van der Waals surface area contributed by atoms with Gasteiger partial charge in [0.2, 0.25) is 0 Å². The first kappa shape index (κ1) is 21.5. The Morgan fingerprint density at radius 2 is 1.78 bits per heavy atom. The summed E-state index contributed by atoms with van der Waals surface area (Å²) in [6.45, 7) is 3.88. The lowest BCUT2D eigenvalue weighted by Gasteiger charge is -2.07. The van der Waals surface area contributed by atoms with Crippen molar-refractivity contribution in [2.24, 2.45) is 0 Å². The maximum Gasteiger partial charge on any atom is 0.273 e. The van der Waals surface area contributed by atoms with Gasteiger partial charge in [0.25, 0.3) is 11.5 Å². The molecule has 0 bridgehead atoms. The fraction of sp³-hybridized carbons (Fsp3) is 0.0800. The number of hydrogen-bond acceptors (Lipinski definition) is 5. The second kappa shape index (κ2) is 9.18. The highest BCUT2D eigenvalue weighted by molar-refractivity contribution is 7.11. The van der Waals surface area contributed by atoms with Crippen LogP contribution >= 0.6 is 22.7 Å². The molecule has 2 heterocycles. The lowest BCUT2D eigenvalue weighted by molar-refractivity contribution is -0.111. The Bertz CT molecular complexity index is 1490. The highest BCUT2D eigenvalue weighted by Crippen LogP contribution is 2.15. The topological polar surface area (TPSA) is 74.9 Å². The predicted octanol–water partition coefficient (Wildman–Crippen LogP) is 3.72. The van der Waals surface area contributed by atoms with E-state index in [1.54, 1.807) is 18.2 Å². The van der Waals surface area contributed by atoms with Crippen molar-refractivity contribution in [1.82, 2.24) is 4.57 Å². The van der Waals surface area contributed by atoms with Crippen molar-refractivity contribution in [2.45, 2.75) is 13.8 Å². The number of thiazole rings is 1. The first-order valence-electron chi connectivity index (χ1n) is 9.83. The van der Waals surface area contributed by atoms with Crippen LogP contribution in [0.3, 0.4) is 0 Å². The predicted molar refractivity (Wildman–Crippen MR) is 131 cm³/mol. The van der Waals surface area contributed by atoms with Crippen LogP contribution in [-0.4, -0.2) is 10.5 Å². The van der Waals surface area contributed by atoms with E-state index in [1.165, 1.54) is 15.9 Å². The first-order chi connectivity index (χ1) is 15.5. The van der Waals surface area contributed by atoms with Crippen molar-refractivity contribution in [1.29, 1.82) is 5.26 Å². The number of hydrogen-bond donors (Lipinski definition) is 1. The maximum atomic E-state index is 13.3. The Kier molecular flexibility index (Phi) is 6.17. The Balaban J connectivity index is 1.94. The van der Waals surface area contributed by atoms with Gasteiger partial charge in [-0.3, -0.25) is 14.2 Å². The van der Waals surface area contributed by atoms with E-state index in [1.807, 2.05) is 73.8 Å². The highest BCUT2D eigenvalue weighted by Gasteiger charge is 2.17. The minimum atomic E-state index is -0.550. The SMILES string of the molecule is Cc1cc(C)cc(NC(=O)/C(C#N)=c2\s/c(=C/c3cccs3)c(=O)n2-c2ccccc2)c1. The summed E-state index contributed by atoms with van der Waals surface area (Å²) in [4.78, 5) is 27.3. The van der Waals surface area contributed by atoms with Crippen molar-refractivity contribution in [2.75, 3.05) is 5.32 Å². The second-order valence-corrected chi connectivity index (χ2v) is 9.23. The summed E-state index contributed by atoms with van der Waals surface area (Å²) in [6, 6.07) is 20.6. The van der Waals surface area contributed by atoms with E-state index in [0.717, 1.165) is 27.3 Å². The molecule has 1 N–H and O–H groups in total. The molecule has 7 heteroatoms. The van der Waals surface area contributed by atoms with Crippen LogP contribution in [-0.2, 0) is 4.79 Å². The van der Waals surface area contributed by atoms with Crippen molar-refractivity contribution < 1.29 is 4.79 Å². The molecule has 5 nitrogen and oxygen atoms in total. The lowest BCUT2D eigenvalue weighted by Crippen LogP contribution is -2.32. The highest BCUT2D eigenvalue weighted by atomic mass is 32.1. The van der Waals surface area contributed by atoms with E-state index < -0.39 is 5.91 Å². The van der Waals surface area contributed by atoms with E-state index in [2.05, 4.69) is 5.32 Å². The molecule has 0 spiro atoms. The van der Waals surface area contributed by atoms with Gasteiger partial charge in [0, 0.05) is 10.6 Å². The van der Waals surface area contributed by atoms with Gasteiger partial charge >= 0.3 is 0 Å². The van der Waals surface area contributed by atoms with E-state index in [-0.39, 0.29) is 11.1 Å². The van der Waals surface area contributed by atoms with Gasteiger partial charge in [0.1, 0.15) is 10.7 Å². The Morgan fingerprint density at radius 1 is 1.06 bits per heavy atom. The Hall–Kier alpha value is -3.73. The van der Waals surface area contributed by atoms with Gasteiger partial charge in [-0.1, -0.05) is 30.3 Å². The number of carbonyl (C=O) groups excluding carboxylic acids is 1. The molecule has 1 amide bonds. The van der Waals surface area contributed by atoms with Crippen molar-refractivity contribution in [3.05, 3.63) is 102 Å². The van der Waals surface area contributed by atoms with Crippen molar-refractivity contribution >= 4 is 45.9 Å². The number of carbonyl (C=O) groups is 1. The number of thiophene rings is 1. The number of aryl methyl sites for hydroxylation is 2. The zero-order chi connectivity index (χ0) is 22.7. The molecule has 0 fully saturated rings. The molecule has 0 aliphatic rings. The number of aromatic nitrogens is 1. The summed E-state index contributed by atoms with van der Waals surface area (Å²) in [7, 11) is 0. The number of nitriles is 1. The number of amides is 1. The summed E-state index contributed by atoms with van der Waals surface area (Å²) in [5.41, 5.74) is 2.84. The third-order valence-corrected chi connectivity index (χ3v) is 6.60. The fourth-order valence-corrected chi connectivity index (χ4v) is 5.22. The van der Waals surface area contributed by atoms with Crippen LogP contribution in [0.25, 0.3) is 17.3 Å². The summed E-state index contributed by atoms with van der Waals surface area (Å²) >= 11 is 2.65. The summed E-state index contributed by atoms with van der Waals surface area (Å²) in [5, 5.41) is 14.6. The molecule has 0 saturated heterocycles. The molecule has 32 heavy (non-hydrogen) atoms. The largest absolute Gasteiger partial charge is 0.321 e. The van der Waals surface area contributed by atoms with Gasteiger partial charge in [-0.2, -0.15) is 5.26 Å². The van der Waals surface area contributed by atoms with Crippen LogP contribution in [0.4, 0.5) is 5.69 Å². The maximum absolute atomic E-state index is 13.3. The average molecular weight is 458 g/mol. The van der Waals surface area contributed by atoms with E-state index in [4.69, 9.17) is 0 Å². The Morgan fingerprint density at radius 3 is 2.41 bits per heavy atom. The van der Waals surface area contributed by atoms with Crippen LogP contribution in [0.15, 0.2) is 70.8 Å². The summed E-state index contributed by atoms with van der Waals surface area (Å²) in [6.07, 6.45) is 1.79. The van der Waals surface area contributed by atoms with Gasteiger partial charge < -0.3 is 5.32 Å². The van der Waals surface area contributed by atoms with Gasteiger partial charge in [-0.05, 0) is 66.8 Å². The van der Waals surface area contributed by atoms with Gasteiger partial charge in [-0.25, -0.2) is 0 Å². The number of nitrogens with one attached hydrogen (secondary N) is 1. The van der Waals surface area contributed by atoms with Crippen molar-refractivity contribution in [3.8, 4) is 11.8 Å². The second-order valence-electron chi connectivity index (χ2n) is 7.22. The fourth-order valence-electron chi connectivity index (χ4n) is 3.40. The van der Waals surface area contributed by atoms with Gasteiger partial charge in [0.05, 0.1) is 10.2 Å². The molecule has 158 valence electrons. The minimum Gasteiger partial charge on any atom is -0.321 e. The number of nitrogens with zero attached hydrogens (tertiary/aromatic N) is 2. The first-order valence-corrected chi connectivity index (χ1v) is 11.5. The van der Waals surface area contributed by atoms with Crippen LogP contribution in [0.5, 0.6) is 0 Å². The van der Waals surface area contributed by atoms with Gasteiger partial charge in [0.15, 0.2) is 5.57 Å². The molecular formula is C25H19N3O2S2. The monoisotopic (exact) mass is 457 g/mol. The third-order valence-electron chi connectivity index (χ3n) is 4.69. The molecule has 0 saturated carbocycles. The summed E-state index contributed by atoms with van der Waals surface area (Å²) in [5.74, 6) is -0.550. The van der Waals surface area contributed by atoms with Gasteiger partial charge in [-0.15, -0.1) is 22.7 Å². The quantitative estimate of drug-likeness (QED) is 0.508. The van der Waals surface area contributed by atoms with E-state index in [9.17, 15) is 14.9 Å². The molecule has 0 atom stereocenters. The molecule has 2 aromatic heterocycles. The molecule has 0 aliphatic carbocycles. The standard InChI is InChI=1S/C25H19N3O2S2/c1-16-11-17(2)13-18(12-16)27-23(29)21(15-26)25-28(19-7-4-3-5-8-19)24(30)22(32-25)14-20-9-6-10-31-20/h3-14H,1-2H3,(H,27,29)/b22-14+,25-21-. The molecule has 0 radical (unpaired) electrons.